The van der Waals surface area contributed by atoms with E-state index in [0.717, 1.165) is 36.7 Å². The summed E-state index contributed by atoms with van der Waals surface area (Å²) in [5, 5.41) is 9.57. The van der Waals surface area contributed by atoms with E-state index >= 15 is 0 Å². The van der Waals surface area contributed by atoms with Crippen LogP contribution >= 0.6 is 11.6 Å². The maximum atomic E-state index is 12.7. The molecule has 2 heterocycles. The predicted octanol–water partition coefficient (Wildman–Crippen LogP) is 6.05. The standard InChI is InChI=1S/C18H11ClF6N2O2/c19-13-3-9(1-2-12(13)18(23,24)25)8-29-16-5-15(28)11(7-27-16)14-4-10(6-26-14)17(20,21)22/h1-7,26H,8H2,(H,27,28). The zero-order chi connectivity index (χ0) is 21.4. The highest BCUT2D eigenvalue weighted by molar-refractivity contribution is 6.31. The van der Waals surface area contributed by atoms with Gasteiger partial charge in [0.05, 0.1) is 27.4 Å². The average molecular weight is 437 g/mol. The molecule has 0 amide bonds. The topological polar surface area (TPSA) is 58.1 Å². The molecule has 0 saturated heterocycles. The van der Waals surface area contributed by atoms with Gasteiger partial charge in [-0.2, -0.15) is 26.3 Å². The summed E-state index contributed by atoms with van der Waals surface area (Å²) in [6, 6.07) is 4.99. The van der Waals surface area contributed by atoms with Gasteiger partial charge in [0.1, 0.15) is 12.4 Å². The molecule has 0 atom stereocenters. The molecule has 2 N–H and O–H groups in total. The number of H-pyrrole nitrogens is 1. The Kier molecular flexibility index (Phi) is 5.40. The molecule has 2 aromatic heterocycles. The van der Waals surface area contributed by atoms with Crippen LogP contribution in [-0.2, 0) is 19.0 Å². The maximum absolute atomic E-state index is 12.7. The van der Waals surface area contributed by atoms with E-state index in [0.29, 0.717) is 5.56 Å². The van der Waals surface area contributed by atoms with E-state index in [4.69, 9.17) is 16.3 Å². The Morgan fingerprint density at radius 2 is 1.76 bits per heavy atom. The number of alkyl halides is 6. The predicted molar refractivity (Wildman–Crippen MR) is 91.5 cm³/mol. The third-order valence-corrected chi connectivity index (χ3v) is 4.20. The molecule has 3 aromatic rings. The van der Waals surface area contributed by atoms with Crippen molar-refractivity contribution >= 4 is 11.6 Å². The van der Waals surface area contributed by atoms with Gasteiger partial charge in [-0.1, -0.05) is 17.7 Å². The van der Waals surface area contributed by atoms with Crippen molar-refractivity contribution in [3.05, 3.63) is 64.4 Å². The van der Waals surface area contributed by atoms with Crippen LogP contribution in [-0.4, -0.2) is 15.1 Å². The first-order valence-corrected chi connectivity index (χ1v) is 8.26. The average Bonchev–Trinajstić information content (AvgIpc) is 3.09. The third kappa shape index (κ3) is 4.76. The molecule has 0 aliphatic rings. The van der Waals surface area contributed by atoms with Gasteiger partial charge in [0.2, 0.25) is 5.88 Å². The van der Waals surface area contributed by atoms with Crippen molar-refractivity contribution in [2.24, 2.45) is 0 Å². The van der Waals surface area contributed by atoms with Gasteiger partial charge in [-0.15, -0.1) is 0 Å². The fourth-order valence-corrected chi connectivity index (χ4v) is 2.77. The fourth-order valence-electron chi connectivity index (χ4n) is 2.46. The highest BCUT2D eigenvalue weighted by Crippen LogP contribution is 2.36. The molecule has 0 fully saturated rings. The number of benzene rings is 1. The van der Waals surface area contributed by atoms with Crippen LogP contribution in [0.4, 0.5) is 26.3 Å². The highest BCUT2D eigenvalue weighted by atomic mass is 35.5. The number of aromatic hydroxyl groups is 1. The second-order valence-electron chi connectivity index (χ2n) is 5.94. The lowest BCUT2D eigenvalue weighted by Crippen LogP contribution is -2.06. The van der Waals surface area contributed by atoms with Crippen LogP contribution in [0.5, 0.6) is 11.6 Å². The van der Waals surface area contributed by atoms with Crippen LogP contribution in [0.2, 0.25) is 5.02 Å². The Morgan fingerprint density at radius 3 is 2.31 bits per heavy atom. The van der Waals surface area contributed by atoms with Crippen LogP contribution in [0.15, 0.2) is 42.7 Å². The van der Waals surface area contributed by atoms with Gasteiger partial charge in [-0.05, 0) is 23.8 Å². The van der Waals surface area contributed by atoms with Gasteiger partial charge < -0.3 is 14.8 Å². The van der Waals surface area contributed by atoms with Crippen molar-refractivity contribution in [3.63, 3.8) is 0 Å². The Morgan fingerprint density at radius 1 is 1.03 bits per heavy atom. The lowest BCUT2D eigenvalue weighted by Gasteiger charge is -2.11. The second kappa shape index (κ2) is 7.51. The molecule has 0 aliphatic heterocycles. The van der Waals surface area contributed by atoms with Crippen molar-refractivity contribution in [2.45, 2.75) is 19.0 Å². The molecule has 0 aliphatic carbocycles. The van der Waals surface area contributed by atoms with E-state index in [1.54, 1.807) is 0 Å². The smallest absolute Gasteiger partial charge is 0.417 e. The zero-order valence-electron chi connectivity index (χ0n) is 14.2. The molecule has 0 radical (unpaired) electrons. The number of aromatic nitrogens is 2. The Hall–Kier alpha value is -2.88. The summed E-state index contributed by atoms with van der Waals surface area (Å²) in [6.07, 6.45) is -7.25. The van der Waals surface area contributed by atoms with Crippen LogP contribution in [0.3, 0.4) is 0 Å². The van der Waals surface area contributed by atoms with Crippen molar-refractivity contribution in [1.82, 2.24) is 9.97 Å². The van der Waals surface area contributed by atoms with Gasteiger partial charge in [0.25, 0.3) is 0 Å². The molecular weight excluding hydrogens is 426 g/mol. The van der Waals surface area contributed by atoms with Gasteiger partial charge in [0.15, 0.2) is 0 Å². The number of hydrogen-bond acceptors (Lipinski definition) is 3. The Labute approximate surface area is 164 Å². The summed E-state index contributed by atoms with van der Waals surface area (Å²) in [5.41, 5.74) is -1.54. The Bertz CT molecular complexity index is 1030. The van der Waals surface area contributed by atoms with Crippen LogP contribution < -0.4 is 4.74 Å². The number of aromatic amines is 1. The van der Waals surface area contributed by atoms with Gasteiger partial charge in [0, 0.05) is 18.5 Å². The largest absolute Gasteiger partial charge is 0.507 e. The molecule has 11 heteroatoms. The van der Waals surface area contributed by atoms with E-state index in [9.17, 15) is 31.4 Å². The molecule has 0 bridgehead atoms. The summed E-state index contributed by atoms with van der Waals surface area (Å²) < 4.78 is 81.4. The summed E-state index contributed by atoms with van der Waals surface area (Å²) >= 11 is 5.63. The first-order valence-electron chi connectivity index (χ1n) is 7.88. The second-order valence-corrected chi connectivity index (χ2v) is 6.35. The van der Waals surface area contributed by atoms with Crippen LogP contribution in [0.25, 0.3) is 11.3 Å². The van der Waals surface area contributed by atoms with E-state index in [-0.39, 0.29) is 23.7 Å². The molecule has 4 nitrogen and oxygen atoms in total. The van der Waals surface area contributed by atoms with Crippen molar-refractivity contribution in [2.75, 3.05) is 0 Å². The van der Waals surface area contributed by atoms with E-state index in [1.807, 2.05) is 0 Å². The van der Waals surface area contributed by atoms with Gasteiger partial charge >= 0.3 is 12.4 Å². The lowest BCUT2D eigenvalue weighted by molar-refractivity contribution is -0.138. The minimum Gasteiger partial charge on any atom is -0.507 e. The quantitative estimate of drug-likeness (QED) is 0.489. The summed E-state index contributed by atoms with van der Waals surface area (Å²) in [6.45, 7) is -0.190. The summed E-state index contributed by atoms with van der Waals surface area (Å²) in [5.74, 6) is -0.471. The number of ether oxygens (including phenoxy) is 1. The highest BCUT2D eigenvalue weighted by Gasteiger charge is 2.33. The summed E-state index contributed by atoms with van der Waals surface area (Å²) in [4.78, 5) is 6.29. The molecule has 29 heavy (non-hydrogen) atoms. The zero-order valence-corrected chi connectivity index (χ0v) is 15.0. The molecule has 0 spiro atoms. The first-order chi connectivity index (χ1) is 13.4. The minimum absolute atomic E-state index is 0.00314. The molecule has 0 saturated carbocycles. The van der Waals surface area contributed by atoms with Crippen LogP contribution in [0, 0.1) is 0 Å². The first kappa shape index (κ1) is 20.8. The lowest BCUT2D eigenvalue weighted by atomic mass is 10.1. The third-order valence-electron chi connectivity index (χ3n) is 3.88. The monoisotopic (exact) mass is 436 g/mol. The number of nitrogens with zero attached hydrogens (tertiary/aromatic N) is 1. The Balaban J connectivity index is 1.73. The molecule has 3 rings (SSSR count). The van der Waals surface area contributed by atoms with Gasteiger partial charge in [-0.25, -0.2) is 4.98 Å². The summed E-state index contributed by atoms with van der Waals surface area (Å²) in [7, 11) is 0. The molecule has 154 valence electrons. The number of nitrogens with one attached hydrogen (secondary N) is 1. The number of hydrogen-bond donors (Lipinski definition) is 2. The maximum Gasteiger partial charge on any atom is 0.417 e. The van der Waals surface area contributed by atoms with Crippen molar-refractivity contribution in [3.8, 4) is 22.9 Å². The van der Waals surface area contributed by atoms with E-state index in [1.165, 1.54) is 6.07 Å². The molecule has 1 aromatic carbocycles. The molecule has 0 unspecified atom stereocenters. The number of pyridine rings is 1. The van der Waals surface area contributed by atoms with Crippen molar-refractivity contribution < 1.29 is 36.2 Å². The fraction of sp³-hybridized carbons (Fsp3) is 0.167. The minimum atomic E-state index is -4.58. The van der Waals surface area contributed by atoms with Crippen LogP contribution in [0.1, 0.15) is 16.7 Å². The molecular formula is C18H11ClF6N2O2. The number of rotatable bonds is 4. The normalized spacial score (nSPS) is 12.2. The van der Waals surface area contributed by atoms with Crippen molar-refractivity contribution in [1.29, 1.82) is 0 Å². The van der Waals surface area contributed by atoms with E-state index < -0.39 is 34.3 Å². The number of halogens is 7. The van der Waals surface area contributed by atoms with E-state index in [2.05, 4.69) is 9.97 Å². The van der Waals surface area contributed by atoms with Gasteiger partial charge in [-0.3, -0.25) is 0 Å². The SMILES string of the molecule is Oc1cc(OCc2ccc(C(F)(F)F)c(Cl)c2)ncc1-c1cc(C(F)(F)F)c[nH]1.